The third kappa shape index (κ3) is 32.5. The third-order valence-corrected chi connectivity index (χ3v) is 1.56. The molecule has 0 aliphatic carbocycles. The molecule has 0 spiro atoms. The first-order chi connectivity index (χ1) is 5.54. The molecule has 0 heterocycles. The quantitative estimate of drug-likeness (QED) is 0.497. The minimum atomic E-state index is 0. The van der Waals surface area contributed by atoms with Gasteiger partial charge in [-0.05, 0) is 11.8 Å². The average Bonchev–Trinajstić information content (AvgIpc) is 1.87. The Bertz CT molecular complexity index is 57.5. The van der Waals surface area contributed by atoms with E-state index in [9.17, 15) is 0 Å². The van der Waals surface area contributed by atoms with Crippen molar-refractivity contribution in [1.29, 1.82) is 0 Å². The van der Waals surface area contributed by atoms with E-state index in [0.29, 0.717) is 0 Å². The van der Waals surface area contributed by atoms with E-state index in [1.165, 1.54) is 12.8 Å². The summed E-state index contributed by atoms with van der Waals surface area (Å²) in [4.78, 5) is 0. The fraction of sp³-hybridized carbons (Fsp3) is 0.833. The van der Waals surface area contributed by atoms with Gasteiger partial charge in [-0.2, -0.15) is 12.8 Å². The molecule has 0 saturated heterocycles. The van der Waals surface area contributed by atoms with Crippen molar-refractivity contribution < 1.29 is 19.5 Å². The van der Waals surface area contributed by atoms with Crippen LogP contribution in [0.4, 0.5) is 0 Å². The SMILES string of the molecule is [CH2-]CCC(C)C.[CH2-]CCC(C)C.[Zn+2]. The van der Waals surface area contributed by atoms with Gasteiger partial charge in [0.2, 0.25) is 0 Å². The molecular weight excluding hydrogens is 210 g/mol. The molecule has 0 radical (unpaired) electrons. The van der Waals surface area contributed by atoms with Crippen LogP contribution >= 0.6 is 0 Å². The Morgan fingerprint density at radius 1 is 0.769 bits per heavy atom. The Kier molecular flexibility index (Phi) is 22.4. The maximum atomic E-state index is 3.73. The summed E-state index contributed by atoms with van der Waals surface area (Å²) in [5.41, 5.74) is 0. The molecule has 0 amide bonds. The first-order valence-corrected chi connectivity index (χ1v) is 5.13. The van der Waals surface area contributed by atoms with Crippen molar-refractivity contribution in [2.24, 2.45) is 11.8 Å². The van der Waals surface area contributed by atoms with Crippen LogP contribution < -0.4 is 0 Å². The molecule has 0 aromatic rings. The summed E-state index contributed by atoms with van der Waals surface area (Å²) in [6.45, 7) is 16.3. The Morgan fingerprint density at radius 3 is 1.00 bits per heavy atom. The Labute approximate surface area is 98.6 Å². The molecule has 13 heavy (non-hydrogen) atoms. The topological polar surface area (TPSA) is 0 Å². The van der Waals surface area contributed by atoms with Crippen LogP contribution in [-0.2, 0) is 19.5 Å². The van der Waals surface area contributed by atoms with E-state index in [1.807, 2.05) is 0 Å². The van der Waals surface area contributed by atoms with Crippen molar-refractivity contribution in [3.63, 3.8) is 0 Å². The summed E-state index contributed by atoms with van der Waals surface area (Å²) in [7, 11) is 0. The van der Waals surface area contributed by atoms with Crippen molar-refractivity contribution >= 4 is 0 Å². The van der Waals surface area contributed by atoms with Gasteiger partial charge in [-0.1, -0.05) is 40.5 Å². The summed E-state index contributed by atoms with van der Waals surface area (Å²) in [5.74, 6) is 1.67. The van der Waals surface area contributed by atoms with Gasteiger partial charge in [-0.25, -0.2) is 0 Å². The predicted molar refractivity (Wildman–Crippen MR) is 58.9 cm³/mol. The van der Waals surface area contributed by atoms with Gasteiger partial charge in [0, 0.05) is 0 Å². The van der Waals surface area contributed by atoms with Gasteiger partial charge >= 0.3 is 19.5 Å². The molecular formula is C12H26Zn. The molecule has 0 saturated carbocycles. The van der Waals surface area contributed by atoms with Gasteiger partial charge in [-0.3, -0.25) is 0 Å². The molecule has 0 N–H and O–H groups in total. The molecule has 0 aromatic heterocycles. The first-order valence-electron chi connectivity index (χ1n) is 5.13. The zero-order valence-electron chi connectivity index (χ0n) is 10.1. The maximum absolute atomic E-state index is 3.73. The van der Waals surface area contributed by atoms with Crippen LogP contribution in [0.3, 0.4) is 0 Å². The van der Waals surface area contributed by atoms with Gasteiger partial charge < -0.3 is 13.8 Å². The van der Waals surface area contributed by atoms with Crippen molar-refractivity contribution in [3.8, 4) is 0 Å². The monoisotopic (exact) mass is 234 g/mol. The summed E-state index contributed by atoms with van der Waals surface area (Å²) in [5, 5.41) is 0. The maximum Gasteiger partial charge on any atom is 2.00 e. The van der Waals surface area contributed by atoms with E-state index in [-0.39, 0.29) is 19.5 Å². The molecule has 0 aliphatic rings. The number of rotatable bonds is 4. The number of hydrogen-bond donors (Lipinski definition) is 0. The van der Waals surface area contributed by atoms with Crippen LogP contribution in [0.5, 0.6) is 0 Å². The van der Waals surface area contributed by atoms with Crippen LogP contribution in [0.1, 0.15) is 53.4 Å². The van der Waals surface area contributed by atoms with Crippen molar-refractivity contribution in [3.05, 3.63) is 13.8 Å². The van der Waals surface area contributed by atoms with Gasteiger partial charge in [0.1, 0.15) is 0 Å². The van der Waals surface area contributed by atoms with Crippen LogP contribution in [0.2, 0.25) is 0 Å². The molecule has 0 fully saturated rings. The minimum Gasteiger partial charge on any atom is -0.343 e. The van der Waals surface area contributed by atoms with E-state index < -0.39 is 0 Å². The van der Waals surface area contributed by atoms with Gasteiger partial charge in [-0.15, -0.1) is 0 Å². The molecule has 0 rings (SSSR count). The average molecular weight is 236 g/mol. The predicted octanol–water partition coefficient (Wildman–Crippen LogP) is 4.51. The minimum absolute atomic E-state index is 0. The van der Waals surface area contributed by atoms with Gasteiger partial charge in [0.05, 0.1) is 0 Å². The van der Waals surface area contributed by atoms with Crippen LogP contribution in [0, 0.1) is 25.7 Å². The molecule has 0 bridgehead atoms. The Hall–Kier alpha value is 0.623. The molecule has 0 unspecified atom stereocenters. The second-order valence-electron chi connectivity index (χ2n) is 4.07. The van der Waals surface area contributed by atoms with Gasteiger partial charge in [0.25, 0.3) is 0 Å². The number of hydrogen-bond acceptors (Lipinski definition) is 0. The van der Waals surface area contributed by atoms with Crippen LogP contribution in [0.15, 0.2) is 0 Å². The standard InChI is InChI=1S/2C6H13.Zn/c2*1-4-5-6(2)3;/h2*6H,1,4-5H2,2-3H3;/q2*-1;+2. The fourth-order valence-corrected chi connectivity index (χ4v) is 0.816. The van der Waals surface area contributed by atoms with E-state index in [4.69, 9.17) is 0 Å². The van der Waals surface area contributed by atoms with E-state index >= 15 is 0 Å². The first kappa shape index (κ1) is 19.2. The Balaban J connectivity index is -0.000000143. The van der Waals surface area contributed by atoms with Gasteiger partial charge in [0.15, 0.2) is 0 Å². The van der Waals surface area contributed by atoms with Crippen molar-refractivity contribution in [2.75, 3.05) is 0 Å². The zero-order chi connectivity index (χ0) is 9.98. The van der Waals surface area contributed by atoms with Crippen LogP contribution in [0.25, 0.3) is 0 Å². The normalized spacial score (nSPS) is 9.23. The van der Waals surface area contributed by atoms with E-state index in [2.05, 4.69) is 41.5 Å². The van der Waals surface area contributed by atoms with E-state index in [1.54, 1.807) is 0 Å². The molecule has 0 aromatic carbocycles. The molecule has 0 atom stereocenters. The van der Waals surface area contributed by atoms with Crippen LogP contribution in [-0.4, -0.2) is 0 Å². The second-order valence-corrected chi connectivity index (χ2v) is 4.07. The molecule has 0 nitrogen and oxygen atoms in total. The second kappa shape index (κ2) is 15.1. The van der Waals surface area contributed by atoms with E-state index in [0.717, 1.165) is 24.7 Å². The smallest absolute Gasteiger partial charge is 0.343 e. The fourth-order valence-electron chi connectivity index (χ4n) is 0.816. The zero-order valence-corrected chi connectivity index (χ0v) is 13.1. The van der Waals surface area contributed by atoms with Crippen molar-refractivity contribution in [2.45, 2.75) is 53.4 Å². The molecule has 1 heteroatoms. The van der Waals surface area contributed by atoms with Crippen molar-refractivity contribution in [1.82, 2.24) is 0 Å². The summed E-state index contributed by atoms with van der Waals surface area (Å²) in [6.07, 6.45) is 4.69. The summed E-state index contributed by atoms with van der Waals surface area (Å²) >= 11 is 0. The Morgan fingerprint density at radius 2 is 1.00 bits per heavy atom. The summed E-state index contributed by atoms with van der Waals surface area (Å²) in [6, 6.07) is 0. The molecule has 76 valence electrons. The summed E-state index contributed by atoms with van der Waals surface area (Å²) < 4.78 is 0. The largest absolute Gasteiger partial charge is 2.00 e. The third-order valence-electron chi connectivity index (χ3n) is 1.56. The molecule has 0 aliphatic heterocycles.